The predicted molar refractivity (Wildman–Crippen MR) is 69.5 cm³/mol. The Balaban J connectivity index is 2.29. The van der Waals surface area contributed by atoms with Crippen molar-refractivity contribution in [3.05, 3.63) is 11.6 Å². The van der Waals surface area contributed by atoms with Crippen molar-refractivity contribution >= 4 is 0 Å². The molecule has 1 rings (SSSR count). The highest BCUT2D eigenvalue weighted by Crippen LogP contribution is 2.39. The molecule has 1 aliphatic rings. The van der Waals surface area contributed by atoms with Crippen LogP contribution in [0.3, 0.4) is 0 Å². The summed E-state index contributed by atoms with van der Waals surface area (Å²) in [4.78, 5) is 0. The fourth-order valence-electron chi connectivity index (χ4n) is 2.15. The molecular weight excluding hydrogens is 198 g/mol. The standard InChI is InChI=1S/C14H27NO/c1-12(2)5-10-15-11-14(16)8-6-13(3,4)7-9-14/h5,15-16H,6-11H2,1-4H3. The van der Waals surface area contributed by atoms with E-state index in [0.29, 0.717) is 5.41 Å². The van der Waals surface area contributed by atoms with E-state index >= 15 is 0 Å². The fraction of sp³-hybridized carbons (Fsp3) is 0.857. The first kappa shape index (κ1) is 13.7. The van der Waals surface area contributed by atoms with Crippen LogP contribution in [0.15, 0.2) is 11.6 Å². The van der Waals surface area contributed by atoms with E-state index in [4.69, 9.17) is 0 Å². The monoisotopic (exact) mass is 225 g/mol. The van der Waals surface area contributed by atoms with Gasteiger partial charge in [-0.25, -0.2) is 0 Å². The molecule has 2 nitrogen and oxygen atoms in total. The minimum absolute atomic E-state index is 0.423. The Morgan fingerprint density at radius 2 is 1.75 bits per heavy atom. The average Bonchev–Trinajstić information content (AvgIpc) is 2.18. The Kier molecular flexibility index (Phi) is 4.57. The Labute approximate surface area is 100 Å². The number of nitrogens with one attached hydrogen (secondary N) is 1. The van der Waals surface area contributed by atoms with Crippen LogP contribution in [0.1, 0.15) is 53.4 Å². The number of allylic oxidation sites excluding steroid dienone is 1. The third-order valence-corrected chi connectivity index (χ3v) is 3.64. The number of hydrogen-bond donors (Lipinski definition) is 2. The van der Waals surface area contributed by atoms with E-state index < -0.39 is 5.60 Å². The summed E-state index contributed by atoms with van der Waals surface area (Å²) in [7, 11) is 0. The molecule has 16 heavy (non-hydrogen) atoms. The second-order valence-electron chi connectivity index (χ2n) is 6.30. The first-order chi connectivity index (χ1) is 7.33. The fourth-order valence-corrected chi connectivity index (χ4v) is 2.15. The van der Waals surface area contributed by atoms with E-state index in [0.717, 1.165) is 38.8 Å². The van der Waals surface area contributed by atoms with Crippen LogP contribution < -0.4 is 5.32 Å². The molecule has 94 valence electrons. The first-order valence-corrected chi connectivity index (χ1v) is 6.40. The molecule has 0 heterocycles. The maximum atomic E-state index is 10.4. The lowest BCUT2D eigenvalue weighted by Gasteiger charge is -2.40. The Morgan fingerprint density at radius 1 is 1.19 bits per heavy atom. The summed E-state index contributed by atoms with van der Waals surface area (Å²) in [6.45, 7) is 10.4. The van der Waals surface area contributed by atoms with Crippen LogP contribution in [-0.2, 0) is 0 Å². The third kappa shape index (κ3) is 4.67. The van der Waals surface area contributed by atoms with Gasteiger partial charge in [-0.2, -0.15) is 0 Å². The van der Waals surface area contributed by atoms with Crippen molar-refractivity contribution < 1.29 is 5.11 Å². The Hall–Kier alpha value is -0.340. The topological polar surface area (TPSA) is 32.3 Å². The van der Waals surface area contributed by atoms with Crippen molar-refractivity contribution in [3.63, 3.8) is 0 Å². The normalized spacial score (nSPS) is 22.8. The second-order valence-corrected chi connectivity index (χ2v) is 6.30. The quantitative estimate of drug-likeness (QED) is 0.569. The van der Waals surface area contributed by atoms with Crippen LogP contribution in [0.25, 0.3) is 0 Å². The maximum absolute atomic E-state index is 10.4. The molecule has 0 amide bonds. The van der Waals surface area contributed by atoms with Crippen molar-refractivity contribution in [1.29, 1.82) is 0 Å². The molecular formula is C14H27NO. The molecule has 1 saturated carbocycles. The van der Waals surface area contributed by atoms with Crippen LogP contribution in [0.2, 0.25) is 0 Å². The van der Waals surface area contributed by atoms with Crippen LogP contribution in [0, 0.1) is 5.41 Å². The van der Waals surface area contributed by atoms with E-state index in [-0.39, 0.29) is 0 Å². The van der Waals surface area contributed by atoms with Crippen LogP contribution >= 0.6 is 0 Å². The minimum Gasteiger partial charge on any atom is -0.389 e. The first-order valence-electron chi connectivity index (χ1n) is 6.40. The molecule has 0 unspecified atom stereocenters. The molecule has 2 N–H and O–H groups in total. The van der Waals surface area contributed by atoms with E-state index in [1.54, 1.807) is 0 Å². The lowest BCUT2D eigenvalue weighted by molar-refractivity contribution is -0.0236. The molecule has 0 spiro atoms. The van der Waals surface area contributed by atoms with Crippen LogP contribution in [0.5, 0.6) is 0 Å². The smallest absolute Gasteiger partial charge is 0.0772 e. The van der Waals surface area contributed by atoms with Gasteiger partial charge in [0.1, 0.15) is 0 Å². The van der Waals surface area contributed by atoms with Gasteiger partial charge in [0, 0.05) is 13.1 Å². The van der Waals surface area contributed by atoms with E-state index in [2.05, 4.69) is 39.1 Å². The average molecular weight is 225 g/mol. The van der Waals surface area contributed by atoms with Crippen molar-refractivity contribution in [2.75, 3.05) is 13.1 Å². The van der Waals surface area contributed by atoms with Gasteiger partial charge < -0.3 is 10.4 Å². The Morgan fingerprint density at radius 3 is 2.25 bits per heavy atom. The predicted octanol–water partition coefficient (Wildman–Crippen LogP) is 2.87. The SMILES string of the molecule is CC(C)=CCNCC1(O)CCC(C)(C)CC1. The summed E-state index contributed by atoms with van der Waals surface area (Å²) in [5.41, 5.74) is 1.28. The van der Waals surface area contributed by atoms with Gasteiger partial charge in [-0.1, -0.05) is 25.5 Å². The molecule has 0 bridgehead atoms. The zero-order valence-electron chi connectivity index (χ0n) is 11.3. The lowest BCUT2D eigenvalue weighted by Crippen LogP contribution is -2.45. The molecule has 0 aromatic rings. The maximum Gasteiger partial charge on any atom is 0.0772 e. The van der Waals surface area contributed by atoms with Crippen LogP contribution in [0.4, 0.5) is 0 Å². The molecule has 0 atom stereocenters. The van der Waals surface area contributed by atoms with Gasteiger partial charge in [0.2, 0.25) is 0 Å². The number of rotatable bonds is 4. The zero-order chi connectivity index (χ0) is 12.2. The van der Waals surface area contributed by atoms with Crippen molar-refractivity contribution in [2.45, 2.75) is 59.0 Å². The van der Waals surface area contributed by atoms with Gasteiger partial charge in [-0.15, -0.1) is 0 Å². The highest BCUT2D eigenvalue weighted by molar-refractivity contribution is 4.96. The zero-order valence-corrected chi connectivity index (χ0v) is 11.3. The molecule has 0 aliphatic heterocycles. The summed E-state index contributed by atoms with van der Waals surface area (Å²) >= 11 is 0. The third-order valence-electron chi connectivity index (χ3n) is 3.64. The van der Waals surface area contributed by atoms with Gasteiger partial charge in [0.25, 0.3) is 0 Å². The lowest BCUT2D eigenvalue weighted by atomic mass is 9.71. The molecule has 2 heteroatoms. The van der Waals surface area contributed by atoms with E-state index in [9.17, 15) is 5.11 Å². The van der Waals surface area contributed by atoms with Gasteiger partial charge in [0.05, 0.1) is 5.60 Å². The second kappa shape index (κ2) is 5.33. The van der Waals surface area contributed by atoms with Gasteiger partial charge in [0.15, 0.2) is 0 Å². The molecule has 1 fully saturated rings. The molecule has 0 radical (unpaired) electrons. The minimum atomic E-state index is -0.467. The van der Waals surface area contributed by atoms with Crippen molar-refractivity contribution in [2.24, 2.45) is 5.41 Å². The highest BCUT2D eigenvalue weighted by atomic mass is 16.3. The summed E-state index contributed by atoms with van der Waals surface area (Å²) in [5.74, 6) is 0. The molecule has 0 aromatic heterocycles. The van der Waals surface area contributed by atoms with Gasteiger partial charge in [-0.3, -0.25) is 0 Å². The Bertz CT molecular complexity index is 241. The van der Waals surface area contributed by atoms with Crippen molar-refractivity contribution in [3.8, 4) is 0 Å². The van der Waals surface area contributed by atoms with E-state index in [1.807, 2.05) is 0 Å². The number of hydrogen-bond acceptors (Lipinski definition) is 2. The molecule has 0 saturated heterocycles. The molecule has 1 aliphatic carbocycles. The van der Waals surface area contributed by atoms with Crippen LogP contribution in [-0.4, -0.2) is 23.8 Å². The van der Waals surface area contributed by atoms with Crippen molar-refractivity contribution in [1.82, 2.24) is 5.32 Å². The summed E-state index contributed by atoms with van der Waals surface area (Å²) < 4.78 is 0. The highest BCUT2D eigenvalue weighted by Gasteiger charge is 2.35. The summed E-state index contributed by atoms with van der Waals surface area (Å²) in [6, 6.07) is 0. The largest absolute Gasteiger partial charge is 0.389 e. The summed E-state index contributed by atoms with van der Waals surface area (Å²) in [5, 5.41) is 13.7. The van der Waals surface area contributed by atoms with Gasteiger partial charge >= 0.3 is 0 Å². The molecule has 0 aromatic carbocycles. The van der Waals surface area contributed by atoms with E-state index in [1.165, 1.54) is 5.57 Å². The van der Waals surface area contributed by atoms with Gasteiger partial charge in [-0.05, 0) is 44.9 Å². The summed E-state index contributed by atoms with van der Waals surface area (Å²) in [6.07, 6.45) is 6.29. The number of aliphatic hydroxyl groups is 1.